The summed E-state index contributed by atoms with van der Waals surface area (Å²) in [4.78, 5) is 29.4. The molecule has 33 heavy (non-hydrogen) atoms. The molecule has 2 saturated heterocycles. The Balaban J connectivity index is 1.48. The van der Waals surface area contributed by atoms with Crippen LogP contribution in [-0.2, 0) is 0 Å². The van der Waals surface area contributed by atoms with E-state index in [1.54, 1.807) is 19.4 Å². The molecule has 1 N–H and O–H groups in total. The summed E-state index contributed by atoms with van der Waals surface area (Å²) in [6, 6.07) is 15.3. The first kappa shape index (κ1) is 21.7. The molecule has 3 aromatic rings. The van der Waals surface area contributed by atoms with E-state index in [0.717, 1.165) is 6.42 Å². The van der Waals surface area contributed by atoms with Crippen LogP contribution in [0.4, 0.5) is 0 Å². The Kier molecular flexibility index (Phi) is 6.18. The van der Waals surface area contributed by atoms with Gasteiger partial charge in [-0.05, 0) is 62.9 Å². The molecule has 2 aliphatic rings. The molecule has 1 amide bonds. The third kappa shape index (κ3) is 4.15. The highest BCUT2D eigenvalue weighted by molar-refractivity contribution is 6.06. The number of aromatic nitrogens is 1. The van der Waals surface area contributed by atoms with Crippen molar-refractivity contribution in [3.63, 3.8) is 0 Å². The number of para-hydroxylation sites is 2. The third-order valence-electron chi connectivity index (χ3n) is 7.27. The van der Waals surface area contributed by atoms with Gasteiger partial charge >= 0.3 is 0 Å². The minimum absolute atomic E-state index is 0.136. The van der Waals surface area contributed by atoms with Gasteiger partial charge in [-0.2, -0.15) is 0 Å². The molecule has 3 heterocycles. The van der Waals surface area contributed by atoms with Crippen LogP contribution < -0.4 is 15.6 Å². The minimum atomic E-state index is -0.170. The number of methoxy groups -OCH3 is 1. The Morgan fingerprint density at radius 2 is 1.76 bits per heavy atom. The van der Waals surface area contributed by atoms with Crippen LogP contribution >= 0.6 is 0 Å². The average molecular weight is 446 g/mol. The number of fused-ring (bicyclic) bond motifs is 2. The van der Waals surface area contributed by atoms with Gasteiger partial charge in [0.2, 0.25) is 0 Å². The monoisotopic (exact) mass is 445 g/mol. The lowest BCUT2D eigenvalue weighted by Gasteiger charge is -2.44. The average Bonchev–Trinajstić information content (AvgIpc) is 2.87. The van der Waals surface area contributed by atoms with Crippen LogP contribution in [0.15, 0.2) is 59.5 Å². The highest BCUT2D eigenvalue weighted by Crippen LogP contribution is 2.30. The van der Waals surface area contributed by atoms with Crippen LogP contribution in [0.2, 0.25) is 0 Å². The number of nitrogens with zero attached hydrogens (tertiary/aromatic N) is 2. The molecule has 2 aliphatic heterocycles. The number of benzene rings is 2. The summed E-state index contributed by atoms with van der Waals surface area (Å²) in [5.74, 6) is 0.929. The van der Waals surface area contributed by atoms with Gasteiger partial charge in [-0.3, -0.25) is 14.2 Å². The number of carbonyl (C=O) groups is 1. The number of carbonyl (C=O) groups excluding carboxylic acids is 1. The van der Waals surface area contributed by atoms with Gasteiger partial charge in [-0.25, -0.2) is 0 Å². The molecule has 0 spiro atoms. The van der Waals surface area contributed by atoms with Crippen LogP contribution in [0, 0.1) is 5.92 Å². The van der Waals surface area contributed by atoms with E-state index in [2.05, 4.69) is 10.2 Å². The van der Waals surface area contributed by atoms with E-state index < -0.39 is 0 Å². The largest absolute Gasteiger partial charge is 0.495 e. The zero-order valence-electron chi connectivity index (χ0n) is 19.1. The quantitative estimate of drug-likeness (QED) is 0.645. The van der Waals surface area contributed by atoms with E-state index in [1.807, 2.05) is 42.5 Å². The molecule has 0 aliphatic carbocycles. The Bertz CT molecular complexity index is 1220. The first-order valence-corrected chi connectivity index (χ1v) is 12.0. The SMILES string of the molecule is COc1ccccc1-n1cc(C(=O)NC[C@@H]2CCCN3CCCC[C@H]23)c2ccccc2c1=O. The number of ether oxygens (including phenoxy) is 1. The topological polar surface area (TPSA) is 63.6 Å². The predicted octanol–water partition coefficient (Wildman–Crippen LogP) is 3.99. The molecule has 0 bridgehead atoms. The molecule has 1 aromatic heterocycles. The zero-order chi connectivity index (χ0) is 22.8. The van der Waals surface area contributed by atoms with Crippen molar-refractivity contribution in [3.8, 4) is 11.4 Å². The van der Waals surface area contributed by atoms with Crippen LogP contribution in [0.3, 0.4) is 0 Å². The molecular weight excluding hydrogens is 414 g/mol. The Morgan fingerprint density at radius 1 is 1.00 bits per heavy atom. The van der Waals surface area contributed by atoms with E-state index >= 15 is 0 Å². The number of piperidine rings is 2. The first-order chi connectivity index (χ1) is 16.2. The van der Waals surface area contributed by atoms with Gasteiger partial charge in [0.1, 0.15) is 5.75 Å². The maximum Gasteiger partial charge on any atom is 0.263 e. The highest BCUT2D eigenvalue weighted by atomic mass is 16.5. The Hall–Kier alpha value is -3.12. The molecule has 172 valence electrons. The lowest BCUT2D eigenvalue weighted by molar-refractivity contribution is 0.0576. The summed E-state index contributed by atoms with van der Waals surface area (Å²) in [5.41, 5.74) is 0.958. The highest BCUT2D eigenvalue weighted by Gasteiger charge is 2.33. The molecule has 6 nitrogen and oxygen atoms in total. The van der Waals surface area contributed by atoms with E-state index in [9.17, 15) is 9.59 Å². The van der Waals surface area contributed by atoms with E-state index in [0.29, 0.717) is 46.3 Å². The lowest BCUT2D eigenvalue weighted by atomic mass is 9.83. The summed E-state index contributed by atoms with van der Waals surface area (Å²) >= 11 is 0. The number of pyridine rings is 1. The molecular formula is C27H31N3O3. The van der Waals surface area contributed by atoms with Crippen LogP contribution in [-0.4, -0.2) is 48.2 Å². The Morgan fingerprint density at radius 3 is 2.61 bits per heavy atom. The van der Waals surface area contributed by atoms with Gasteiger partial charge in [0.15, 0.2) is 0 Å². The Labute approximate surface area is 194 Å². The van der Waals surface area contributed by atoms with Crippen molar-refractivity contribution in [1.82, 2.24) is 14.8 Å². The number of hydrogen-bond donors (Lipinski definition) is 1. The van der Waals surface area contributed by atoms with Crippen molar-refractivity contribution in [3.05, 3.63) is 70.6 Å². The summed E-state index contributed by atoms with van der Waals surface area (Å²) in [5, 5.41) is 4.40. The molecule has 2 atom stereocenters. The summed E-state index contributed by atoms with van der Waals surface area (Å²) in [7, 11) is 1.58. The van der Waals surface area contributed by atoms with Gasteiger partial charge in [-0.1, -0.05) is 36.8 Å². The van der Waals surface area contributed by atoms with E-state index in [4.69, 9.17) is 4.74 Å². The molecule has 0 saturated carbocycles. The maximum atomic E-state index is 13.4. The lowest BCUT2D eigenvalue weighted by Crippen LogP contribution is -2.51. The number of rotatable bonds is 5. The standard InChI is InChI=1S/C27H31N3O3/c1-33-25-14-5-4-13-24(25)30-18-22(20-10-2-3-11-21(20)27(30)32)26(31)28-17-19-9-8-16-29-15-7-6-12-23(19)29/h2-5,10-11,13-14,18-19,23H,6-9,12,15-17H2,1H3,(H,28,31)/t19-,23+/m0/s1. The molecule has 6 heteroatoms. The smallest absolute Gasteiger partial charge is 0.263 e. The summed E-state index contributed by atoms with van der Waals surface area (Å²) < 4.78 is 7.01. The van der Waals surface area contributed by atoms with Gasteiger partial charge < -0.3 is 15.0 Å². The second kappa shape index (κ2) is 9.40. The predicted molar refractivity (Wildman–Crippen MR) is 130 cm³/mol. The third-order valence-corrected chi connectivity index (χ3v) is 7.27. The van der Waals surface area contributed by atoms with Gasteiger partial charge in [0.25, 0.3) is 11.5 Å². The van der Waals surface area contributed by atoms with Crippen molar-refractivity contribution in [2.45, 2.75) is 38.1 Å². The van der Waals surface area contributed by atoms with E-state index in [1.165, 1.54) is 43.3 Å². The van der Waals surface area contributed by atoms with Gasteiger partial charge in [0.05, 0.1) is 18.4 Å². The molecule has 5 rings (SSSR count). The fourth-order valence-corrected chi connectivity index (χ4v) is 5.61. The molecule has 2 fully saturated rings. The molecule has 2 aromatic carbocycles. The number of hydrogen-bond acceptors (Lipinski definition) is 4. The molecule has 0 radical (unpaired) electrons. The van der Waals surface area contributed by atoms with Crippen LogP contribution in [0.1, 0.15) is 42.5 Å². The zero-order valence-corrected chi connectivity index (χ0v) is 19.1. The van der Waals surface area contributed by atoms with Crippen molar-refractivity contribution in [1.29, 1.82) is 0 Å². The minimum Gasteiger partial charge on any atom is -0.495 e. The van der Waals surface area contributed by atoms with Crippen molar-refractivity contribution in [2.75, 3.05) is 26.7 Å². The fourth-order valence-electron chi connectivity index (χ4n) is 5.61. The molecule has 0 unspecified atom stereocenters. The summed E-state index contributed by atoms with van der Waals surface area (Å²) in [6.45, 7) is 3.04. The second-order valence-electron chi connectivity index (χ2n) is 9.15. The second-order valence-corrected chi connectivity index (χ2v) is 9.15. The first-order valence-electron chi connectivity index (χ1n) is 12.0. The van der Waals surface area contributed by atoms with Crippen LogP contribution in [0.5, 0.6) is 5.75 Å². The van der Waals surface area contributed by atoms with E-state index in [-0.39, 0.29) is 11.5 Å². The summed E-state index contributed by atoms with van der Waals surface area (Å²) in [6.07, 6.45) is 7.79. The number of nitrogens with one attached hydrogen (secondary N) is 1. The van der Waals surface area contributed by atoms with Crippen molar-refractivity contribution < 1.29 is 9.53 Å². The fraction of sp³-hybridized carbons (Fsp3) is 0.407. The maximum absolute atomic E-state index is 13.4. The normalized spacial score (nSPS) is 20.9. The van der Waals surface area contributed by atoms with Gasteiger partial charge in [-0.15, -0.1) is 0 Å². The number of amides is 1. The van der Waals surface area contributed by atoms with Gasteiger partial charge in [0, 0.05) is 29.6 Å². The van der Waals surface area contributed by atoms with Crippen molar-refractivity contribution in [2.24, 2.45) is 5.92 Å². The van der Waals surface area contributed by atoms with Crippen LogP contribution in [0.25, 0.3) is 16.5 Å². The van der Waals surface area contributed by atoms with Crippen molar-refractivity contribution >= 4 is 16.7 Å².